The van der Waals surface area contributed by atoms with Gasteiger partial charge in [-0.05, 0) is 55.0 Å². The van der Waals surface area contributed by atoms with Gasteiger partial charge in [0.25, 0.3) is 5.91 Å². The van der Waals surface area contributed by atoms with Gasteiger partial charge in [-0.25, -0.2) is 0 Å². The summed E-state index contributed by atoms with van der Waals surface area (Å²) in [4.78, 5) is 20.9. The van der Waals surface area contributed by atoms with E-state index < -0.39 is 0 Å². The van der Waals surface area contributed by atoms with Crippen LogP contribution >= 0.6 is 11.6 Å². The largest absolute Gasteiger partial charge is 0.494 e. The number of hydrogen-bond acceptors (Lipinski definition) is 6. The standard InChI is InChI=1S/C25H23ClN4O3/c1-2-32-21-10-6-19(7-11-21)24(31)29-13-15-30(16-14-29)25-22(17-27)28-23(33-25)12-5-18-3-8-20(26)9-4-18/h3-12H,2,13-16H2,1H3. The van der Waals surface area contributed by atoms with Crippen molar-refractivity contribution in [3.63, 3.8) is 0 Å². The average molecular weight is 463 g/mol. The third kappa shape index (κ3) is 5.36. The predicted molar refractivity (Wildman–Crippen MR) is 127 cm³/mol. The highest BCUT2D eigenvalue weighted by molar-refractivity contribution is 6.30. The Labute approximate surface area is 197 Å². The van der Waals surface area contributed by atoms with E-state index in [1.165, 1.54) is 0 Å². The van der Waals surface area contributed by atoms with Crippen LogP contribution in [0.5, 0.6) is 5.75 Å². The van der Waals surface area contributed by atoms with Crippen molar-refractivity contribution >= 4 is 35.5 Å². The summed E-state index contributed by atoms with van der Waals surface area (Å²) in [6.07, 6.45) is 3.57. The zero-order chi connectivity index (χ0) is 23.2. The number of carbonyl (C=O) groups excluding carboxylic acids is 1. The topological polar surface area (TPSA) is 82.6 Å². The van der Waals surface area contributed by atoms with E-state index in [-0.39, 0.29) is 11.6 Å². The van der Waals surface area contributed by atoms with Crippen LogP contribution in [0, 0.1) is 11.3 Å². The molecule has 1 aromatic heterocycles. The molecule has 8 heteroatoms. The molecule has 0 saturated carbocycles. The van der Waals surface area contributed by atoms with Gasteiger partial charge in [0.2, 0.25) is 17.5 Å². The molecule has 7 nitrogen and oxygen atoms in total. The number of hydrogen-bond donors (Lipinski definition) is 0. The number of nitriles is 1. The fourth-order valence-electron chi connectivity index (χ4n) is 3.58. The monoisotopic (exact) mass is 462 g/mol. The molecule has 1 aliphatic heterocycles. The number of oxazole rings is 1. The van der Waals surface area contributed by atoms with E-state index in [9.17, 15) is 10.1 Å². The van der Waals surface area contributed by atoms with Gasteiger partial charge in [0.1, 0.15) is 11.8 Å². The number of halogens is 1. The number of piperazine rings is 1. The Balaban J connectivity index is 1.40. The molecule has 0 spiro atoms. The van der Waals surface area contributed by atoms with Crippen LogP contribution in [0.3, 0.4) is 0 Å². The first-order valence-electron chi connectivity index (χ1n) is 10.7. The first-order chi connectivity index (χ1) is 16.1. The van der Waals surface area contributed by atoms with E-state index >= 15 is 0 Å². The van der Waals surface area contributed by atoms with Gasteiger partial charge in [0.15, 0.2) is 0 Å². The maximum atomic E-state index is 12.8. The minimum Gasteiger partial charge on any atom is -0.494 e. The third-order valence-electron chi connectivity index (χ3n) is 5.29. The van der Waals surface area contributed by atoms with E-state index in [4.69, 9.17) is 20.8 Å². The van der Waals surface area contributed by atoms with Crippen molar-refractivity contribution in [2.45, 2.75) is 6.92 Å². The van der Waals surface area contributed by atoms with Crippen LogP contribution in [0.15, 0.2) is 52.9 Å². The van der Waals surface area contributed by atoms with Crippen molar-refractivity contribution in [2.24, 2.45) is 0 Å². The van der Waals surface area contributed by atoms with Crippen LogP contribution in [0.25, 0.3) is 12.2 Å². The lowest BCUT2D eigenvalue weighted by atomic mass is 10.1. The maximum absolute atomic E-state index is 12.8. The van der Waals surface area contributed by atoms with E-state index in [0.29, 0.717) is 55.1 Å². The van der Waals surface area contributed by atoms with Crippen molar-refractivity contribution in [1.82, 2.24) is 9.88 Å². The van der Waals surface area contributed by atoms with Crippen LogP contribution in [-0.2, 0) is 0 Å². The quantitative estimate of drug-likeness (QED) is 0.526. The van der Waals surface area contributed by atoms with Gasteiger partial charge in [-0.15, -0.1) is 0 Å². The van der Waals surface area contributed by atoms with Gasteiger partial charge in [0, 0.05) is 42.8 Å². The smallest absolute Gasteiger partial charge is 0.253 e. The lowest BCUT2D eigenvalue weighted by molar-refractivity contribution is 0.0745. The average Bonchev–Trinajstić information content (AvgIpc) is 3.27. The molecule has 3 aromatic rings. The maximum Gasteiger partial charge on any atom is 0.253 e. The molecule has 0 unspecified atom stereocenters. The summed E-state index contributed by atoms with van der Waals surface area (Å²) in [6.45, 7) is 4.64. The molecule has 1 fully saturated rings. The molecule has 1 saturated heterocycles. The summed E-state index contributed by atoms with van der Waals surface area (Å²) < 4.78 is 11.3. The molecule has 0 atom stereocenters. The van der Waals surface area contributed by atoms with Gasteiger partial charge >= 0.3 is 0 Å². The lowest BCUT2D eigenvalue weighted by Crippen LogP contribution is -2.48. The zero-order valence-electron chi connectivity index (χ0n) is 18.2. The Morgan fingerprint density at radius 1 is 1.12 bits per heavy atom. The highest BCUT2D eigenvalue weighted by Gasteiger charge is 2.26. The lowest BCUT2D eigenvalue weighted by Gasteiger charge is -2.34. The number of ether oxygens (including phenoxy) is 1. The van der Waals surface area contributed by atoms with Crippen LogP contribution in [-0.4, -0.2) is 48.6 Å². The zero-order valence-corrected chi connectivity index (χ0v) is 19.0. The second-order valence-electron chi connectivity index (χ2n) is 7.44. The molecule has 1 amide bonds. The number of amides is 1. The van der Waals surface area contributed by atoms with E-state index in [1.807, 2.05) is 30.0 Å². The first kappa shape index (κ1) is 22.4. The van der Waals surface area contributed by atoms with Crippen LogP contribution in [0.4, 0.5) is 5.88 Å². The molecule has 2 heterocycles. The Kier molecular flexibility index (Phi) is 6.96. The Morgan fingerprint density at radius 3 is 2.45 bits per heavy atom. The molecule has 0 radical (unpaired) electrons. The summed E-state index contributed by atoms with van der Waals surface area (Å²) in [7, 11) is 0. The molecule has 168 valence electrons. The number of nitrogens with zero attached hydrogens (tertiary/aromatic N) is 4. The van der Waals surface area contributed by atoms with Gasteiger partial charge in [-0.1, -0.05) is 23.7 Å². The molecule has 4 rings (SSSR count). The van der Waals surface area contributed by atoms with Crippen molar-refractivity contribution in [3.05, 3.63) is 76.3 Å². The second-order valence-corrected chi connectivity index (χ2v) is 7.88. The summed E-state index contributed by atoms with van der Waals surface area (Å²) in [5.41, 5.74) is 1.80. The van der Waals surface area contributed by atoms with Crippen molar-refractivity contribution in [1.29, 1.82) is 5.26 Å². The summed E-state index contributed by atoms with van der Waals surface area (Å²) in [5, 5.41) is 10.2. The van der Waals surface area contributed by atoms with Gasteiger partial charge < -0.3 is 19.0 Å². The van der Waals surface area contributed by atoms with Crippen molar-refractivity contribution in [3.8, 4) is 11.8 Å². The van der Waals surface area contributed by atoms with Crippen molar-refractivity contribution < 1.29 is 13.9 Å². The predicted octanol–water partition coefficient (Wildman–Crippen LogP) is 4.73. The minimum absolute atomic E-state index is 0.0256. The Morgan fingerprint density at radius 2 is 1.82 bits per heavy atom. The molecule has 0 aliphatic carbocycles. The molecule has 0 N–H and O–H groups in total. The van der Waals surface area contributed by atoms with E-state index in [0.717, 1.165) is 11.3 Å². The van der Waals surface area contributed by atoms with Crippen molar-refractivity contribution in [2.75, 3.05) is 37.7 Å². The molecule has 2 aromatic carbocycles. The first-order valence-corrected chi connectivity index (χ1v) is 11.1. The summed E-state index contributed by atoms with van der Waals surface area (Å²) >= 11 is 5.91. The molecule has 0 bridgehead atoms. The van der Waals surface area contributed by atoms with Gasteiger partial charge in [-0.3, -0.25) is 4.79 Å². The molecular formula is C25H23ClN4O3. The molecule has 33 heavy (non-hydrogen) atoms. The summed E-state index contributed by atoms with van der Waals surface area (Å²) in [6, 6.07) is 16.6. The Hall–Kier alpha value is -3.76. The highest BCUT2D eigenvalue weighted by atomic mass is 35.5. The highest BCUT2D eigenvalue weighted by Crippen LogP contribution is 2.25. The third-order valence-corrected chi connectivity index (χ3v) is 5.54. The number of rotatable bonds is 6. The number of benzene rings is 2. The number of aromatic nitrogens is 1. The fraction of sp³-hybridized carbons (Fsp3) is 0.240. The number of anilines is 1. The normalized spacial score (nSPS) is 13.8. The second kappa shape index (κ2) is 10.2. The van der Waals surface area contributed by atoms with E-state index in [1.54, 1.807) is 47.4 Å². The minimum atomic E-state index is -0.0256. The van der Waals surface area contributed by atoms with E-state index in [2.05, 4.69) is 11.1 Å². The SMILES string of the molecule is CCOc1ccc(C(=O)N2CCN(c3oc(C=Cc4ccc(Cl)cc4)nc3C#N)CC2)cc1. The van der Waals surface area contributed by atoms with Crippen LogP contribution < -0.4 is 9.64 Å². The summed E-state index contributed by atoms with van der Waals surface area (Å²) in [5.74, 6) is 1.50. The van der Waals surface area contributed by atoms with Gasteiger partial charge in [0.05, 0.1) is 6.61 Å². The fourth-order valence-corrected chi connectivity index (χ4v) is 3.71. The van der Waals surface area contributed by atoms with Crippen LogP contribution in [0.1, 0.15) is 34.4 Å². The molecular weight excluding hydrogens is 440 g/mol. The molecule has 1 aliphatic rings. The van der Waals surface area contributed by atoms with Crippen LogP contribution in [0.2, 0.25) is 5.02 Å². The van der Waals surface area contributed by atoms with Gasteiger partial charge in [-0.2, -0.15) is 10.2 Å². The Bertz CT molecular complexity index is 1170. The number of carbonyl (C=O) groups is 1.